The number of hydrogen-bond donors (Lipinski definition) is 1. The number of tetrazole rings is 1. The van der Waals surface area contributed by atoms with Gasteiger partial charge in [0, 0.05) is 18.7 Å². The molecule has 2 heterocycles. The first-order chi connectivity index (χ1) is 17.9. The molecule has 1 aliphatic carbocycles. The van der Waals surface area contributed by atoms with E-state index in [0.29, 0.717) is 12.6 Å². The molecule has 1 N–H and O–H groups in total. The highest BCUT2D eigenvalue weighted by molar-refractivity contribution is 5.82. The van der Waals surface area contributed by atoms with Crippen molar-refractivity contribution in [3.8, 4) is 0 Å². The average molecular weight is 499 g/mol. The van der Waals surface area contributed by atoms with Crippen LogP contribution >= 0.6 is 0 Å². The fraction of sp³-hybridized carbons (Fsp3) is 0.467. The molecule has 0 unspecified atom stereocenters. The summed E-state index contributed by atoms with van der Waals surface area (Å²) < 4.78 is 2.07. The molecule has 1 fully saturated rings. The third-order valence-corrected chi connectivity index (χ3v) is 7.99. The quantitative estimate of drug-likeness (QED) is 0.318. The zero-order chi connectivity index (χ0) is 25.9. The minimum absolute atomic E-state index is 0.0222. The number of nitrogens with zero attached hydrogens (tertiary/aromatic N) is 5. The van der Waals surface area contributed by atoms with Gasteiger partial charge in [-0.3, -0.25) is 9.69 Å². The van der Waals surface area contributed by atoms with E-state index in [1.807, 2.05) is 0 Å². The second kappa shape index (κ2) is 11.0. The van der Waals surface area contributed by atoms with E-state index < -0.39 is 0 Å². The topological polar surface area (TPSA) is 79.7 Å². The molecule has 1 saturated carbocycles. The van der Waals surface area contributed by atoms with E-state index in [9.17, 15) is 4.79 Å². The van der Waals surface area contributed by atoms with E-state index in [1.165, 1.54) is 29.5 Å². The molecule has 0 bridgehead atoms. The molecular formula is C30H38N6O. The average Bonchev–Trinajstić information content (AvgIpc) is 3.57. The number of aromatic nitrogens is 5. The van der Waals surface area contributed by atoms with Crippen LogP contribution in [-0.2, 0) is 13.0 Å². The zero-order valence-electron chi connectivity index (χ0n) is 22.5. The smallest absolute Gasteiger partial charge is 0.252 e. The minimum Gasteiger partial charge on any atom is -0.321 e. The third kappa shape index (κ3) is 5.37. The minimum atomic E-state index is -0.0226. The highest BCUT2D eigenvalue weighted by Crippen LogP contribution is 2.33. The molecule has 2 aromatic carbocycles. The summed E-state index contributed by atoms with van der Waals surface area (Å²) in [5, 5.41) is 14.1. The van der Waals surface area contributed by atoms with Gasteiger partial charge < -0.3 is 4.98 Å². The van der Waals surface area contributed by atoms with E-state index >= 15 is 0 Å². The number of H-pyrrole nitrogens is 1. The van der Waals surface area contributed by atoms with Crippen LogP contribution in [0.15, 0.2) is 47.3 Å². The van der Waals surface area contributed by atoms with Crippen molar-refractivity contribution in [2.24, 2.45) is 0 Å². The molecule has 0 spiro atoms. The van der Waals surface area contributed by atoms with Gasteiger partial charge in [-0.25, -0.2) is 4.68 Å². The fourth-order valence-electron chi connectivity index (χ4n) is 6.00. The summed E-state index contributed by atoms with van der Waals surface area (Å²) in [5.41, 5.74) is 6.59. The SMILES string of the molecule is CC[C@H](c1nnnn1C1CCCC1)N(CCc1ccccc1C)Cc1cc2cc(C)cc(C)c2[nH]c1=O. The first kappa shape index (κ1) is 25.3. The summed E-state index contributed by atoms with van der Waals surface area (Å²) in [4.78, 5) is 18.8. The van der Waals surface area contributed by atoms with Crippen LogP contribution in [0.25, 0.3) is 10.9 Å². The van der Waals surface area contributed by atoms with Gasteiger partial charge in [0.1, 0.15) is 0 Å². The highest BCUT2D eigenvalue weighted by atomic mass is 16.1. The van der Waals surface area contributed by atoms with Crippen LogP contribution in [0, 0.1) is 20.8 Å². The Morgan fingerprint density at radius 2 is 1.84 bits per heavy atom. The molecule has 7 heteroatoms. The molecule has 0 aliphatic heterocycles. The van der Waals surface area contributed by atoms with E-state index in [1.54, 1.807) is 0 Å². The monoisotopic (exact) mass is 498 g/mol. The summed E-state index contributed by atoms with van der Waals surface area (Å²) in [5.74, 6) is 0.920. The lowest BCUT2D eigenvalue weighted by Gasteiger charge is -2.31. The molecule has 7 nitrogen and oxygen atoms in total. The van der Waals surface area contributed by atoms with E-state index in [2.05, 4.69) is 100 Å². The van der Waals surface area contributed by atoms with E-state index in [0.717, 1.165) is 60.1 Å². The lowest BCUT2D eigenvalue weighted by Crippen LogP contribution is -2.34. The normalized spacial score (nSPS) is 15.2. The van der Waals surface area contributed by atoms with Crippen LogP contribution in [0.1, 0.15) is 84.8 Å². The molecule has 1 atom stereocenters. The van der Waals surface area contributed by atoms with Gasteiger partial charge >= 0.3 is 0 Å². The number of aromatic amines is 1. The Bertz CT molecular complexity index is 1430. The maximum Gasteiger partial charge on any atom is 0.252 e. The van der Waals surface area contributed by atoms with Crippen molar-refractivity contribution in [1.29, 1.82) is 0 Å². The third-order valence-electron chi connectivity index (χ3n) is 7.99. The van der Waals surface area contributed by atoms with Crippen molar-refractivity contribution < 1.29 is 0 Å². The molecule has 5 rings (SSSR count). The van der Waals surface area contributed by atoms with Gasteiger partial charge in [0.05, 0.1) is 17.6 Å². The Morgan fingerprint density at radius 3 is 2.59 bits per heavy atom. The number of aryl methyl sites for hydroxylation is 3. The van der Waals surface area contributed by atoms with Crippen LogP contribution in [0.5, 0.6) is 0 Å². The number of pyridine rings is 1. The van der Waals surface area contributed by atoms with Gasteiger partial charge in [-0.1, -0.05) is 55.7 Å². The molecule has 1 aliphatic rings. The van der Waals surface area contributed by atoms with E-state index in [-0.39, 0.29) is 11.6 Å². The molecular weight excluding hydrogens is 460 g/mol. The number of nitrogens with one attached hydrogen (secondary N) is 1. The van der Waals surface area contributed by atoms with Crippen LogP contribution in [-0.4, -0.2) is 36.6 Å². The Labute approximate surface area is 218 Å². The Morgan fingerprint density at radius 1 is 1.05 bits per heavy atom. The Hall–Kier alpha value is -3.32. The summed E-state index contributed by atoms with van der Waals surface area (Å²) in [6.45, 7) is 9.86. The van der Waals surface area contributed by atoms with Crippen molar-refractivity contribution in [1.82, 2.24) is 30.1 Å². The predicted molar refractivity (Wildman–Crippen MR) is 148 cm³/mol. The van der Waals surface area contributed by atoms with Gasteiger partial charge in [-0.05, 0) is 91.1 Å². The van der Waals surface area contributed by atoms with Crippen molar-refractivity contribution in [3.05, 3.63) is 86.5 Å². The highest BCUT2D eigenvalue weighted by Gasteiger charge is 2.29. The summed E-state index contributed by atoms with van der Waals surface area (Å²) in [6.07, 6.45) is 6.47. The maximum atomic E-state index is 13.3. The summed E-state index contributed by atoms with van der Waals surface area (Å²) >= 11 is 0. The van der Waals surface area contributed by atoms with Crippen molar-refractivity contribution in [3.63, 3.8) is 0 Å². The van der Waals surface area contributed by atoms with Crippen molar-refractivity contribution in [2.75, 3.05) is 6.54 Å². The largest absolute Gasteiger partial charge is 0.321 e. The van der Waals surface area contributed by atoms with Crippen LogP contribution in [0.3, 0.4) is 0 Å². The summed E-state index contributed by atoms with van der Waals surface area (Å²) in [7, 11) is 0. The molecule has 194 valence electrons. The maximum absolute atomic E-state index is 13.3. The summed E-state index contributed by atoms with van der Waals surface area (Å²) in [6, 6.07) is 15.3. The Balaban J connectivity index is 1.51. The molecule has 0 amide bonds. The second-order valence-corrected chi connectivity index (χ2v) is 10.7. The number of hydrogen-bond acceptors (Lipinski definition) is 5. The molecule has 0 saturated heterocycles. The fourth-order valence-corrected chi connectivity index (χ4v) is 6.00. The molecule has 0 radical (unpaired) electrons. The standard InChI is InChI=1S/C30H38N6O/c1-5-27(29-32-33-34-36(29)26-12-8-9-13-26)35(15-14-23-11-7-6-10-21(23)3)19-25-18-24-17-20(2)16-22(4)28(24)31-30(25)37/h6-7,10-11,16-18,26-27H,5,8-9,12-15,19H2,1-4H3,(H,31,37)/t27-/m1/s1. The first-order valence-electron chi connectivity index (χ1n) is 13.6. The van der Waals surface area contributed by atoms with Crippen molar-refractivity contribution in [2.45, 2.75) is 84.8 Å². The number of rotatable bonds is 9. The van der Waals surface area contributed by atoms with E-state index in [4.69, 9.17) is 0 Å². The lowest BCUT2D eigenvalue weighted by molar-refractivity contribution is 0.169. The van der Waals surface area contributed by atoms with Crippen molar-refractivity contribution >= 4 is 10.9 Å². The zero-order valence-corrected chi connectivity index (χ0v) is 22.5. The number of benzene rings is 2. The predicted octanol–water partition coefficient (Wildman–Crippen LogP) is 5.75. The van der Waals surface area contributed by atoms with Gasteiger partial charge in [-0.15, -0.1) is 5.10 Å². The first-order valence-corrected chi connectivity index (χ1v) is 13.6. The van der Waals surface area contributed by atoms with Gasteiger partial charge in [-0.2, -0.15) is 0 Å². The van der Waals surface area contributed by atoms with Gasteiger partial charge in [0.2, 0.25) is 0 Å². The number of fused-ring (bicyclic) bond motifs is 1. The second-order valence-electron chi connectivity index (χ2n) is 10.7. The van der Waals surface area contributed by atoms with Gasteiger partial charge in [0.15, 0.2) is 5.82 Å². The van der Waals surface area contributed by atoms with Gasteiger partial charge in [0.25, 0.3) is 5.56 Å². The molecule has 4 aromatic rings. The molecule has 37 heavy (non-hydrogen) atoms. The van der Waals surface area contributed by atoms with Crippen LogP contribution in [0.4, 0.5) is 0 Å². The Kier molecular flexibility index (Phi) is 7.51. The lowest BCUT2D eigenvalue weighted by atomic mass is 10.0. The van der Waals surface area contributed by atoms with Crippen LogP contribution in [0.2, 0.25) is 0 Å². The molecule has 2 aromatic heterocycles. The van der Waals surface area contributed by atoms with Crippen LogP contribution < -0.4 is 5.56 Å².